The largest absolute Gasteiger partial charge is 0.391 e. The maximum atomic E-state index is 13.6. The monoisotopic (exact) mass is 394 g/mol. The highest BCUT2D eigenvalue weighted by molar-refractivity contribution is 7.80. The van der Waals surface area contributed by atoms with E-state index in [4.69, 9.17) is 4.74 Å². The second-order valence-corrected chi connectivity index (χ2v) is 9.92. The predicted molar refractivity (Wildman–Crippen MR) is 98.7 cm³/mol. The maximum absolute atomic E-state index is 13.6. The van der Waals surface area contributed by atoms with Gasteiger partial charge in [0.15, 0.2) is 5.78 Å². The fraction of sp³-hybridized carbons (Fsp3) is 0.750. The smallest absolute Gasteiger partial charge is 0.208 e. The van der Waals surface area contributed by atoms with Gasteiger partial charge >= 0.3 is 0 Å². The number of rotatable bonds is 1. The van der Waals surface area contributed by atoms with E-state index in [0.29, 0.717) is 0 Å². The van der Waals surface area contributed by atoms with E-state index in [1.807, 2.05) is 32.1 Å². The minimum atomic E-state index is -2.20. The van der Waals surface area contributed by atoms with Crippen LogP contribution >= 0.6 is 12.6 Å². The number of hydrogen-bond donors (Lipinski definition) is 5. The first-order valence-corrected chi connectivity index (χ1v) is 10.2. The Hall–Kier alpha value is -0.700. The number of thiol groups is 1. The average Bonchev–Trinajstić information content (AvgIpc) is 2.74. The molecule has 0 aromatic rings. The molecule has 2 heterocycles. The summed E-state index contributed by atoms with van der Waals surface area (Å²) in [5.41, 5.74) is -3.24. The van der Waals surface area contributed by atoms with Gasteiger partial charge in [-0.3, -0.25) is 4.79 Å². The summed E-state index contributed by atoms with van der Waals surface area (Å²) in [5, 5.41) is 45.3. The van der Waals surface area contributed by atoms with E-state index < -0.39 is 64.0 Å². The molecule has 2 saturated heterocycles. The normalized spacial score (nSPS) is 59.7. The van der Waals surface area contributed by atoms with Crippen LogP contribution in [0.2, 0.25) is 0 Å². The Kier molecular flexibility index (Phi) is 3.44. The first kappa shape index (κ1) is 18.3. The van der Waals surface area contributed by atoms with Gasteiger partial charge in [-0.2, -0.15) is 12.6 Å². The quantitative estimate of drug-likeness (QED) is 0.315. The average molecular weight is 394 g/mol. The van der Waals surface area contributed by atoms with Gasteiger partial charge in [-0.05, 0) is 5.41 Å². The number of allylic oxidation sites excluding steroid dienone is 2. The van der Waals surface area contributed by atoms with Crippen LogP contribution in [0.25, 0.3) is 0 Å². The third-order valence-electron chi connectivity index (χ3n) is 8.32. The van der Waals surface area contributed by atoms with Crippen molar-refractivity contribution in [3.63, 3.8) is 0 Å². The molecule has 0 amide bonds. The van der Waals surface area contributed by atoms with Crippen LogP contribution in [0.1, 0.15) is 13.8 Å². The van der Waals surface area contributed by atoms with Crippen LogP contribution in [-0.4, -0.2) is 62.7 Å². The number of ketones is 1. The second-order valence-electron chi connectivity index (χ2n) is 9.55. The highest BCUT2D eigenvalue weighted by Crippen LogP contribution is 2.74. The Labute approximate surface area is 163 Å². The van der Waals surface area contributed by atoms with Crippen molar-refractivity contribution in [3.8, 4) is 0 Å². The maximum Gasteiger partial charge on any atom is 0.208 e. The molecule has 0 unspecified atom stereocenters. The van der Waals surface area contributed by atoms with Crippen LogP contribution in [0.3, 0.4) is 0 Å². The number of ether oxygens (including phenoxy) is 1. The summed E-state index contributed by atoms with van der Waals surface area (Å²) in [6.45, 7) is 3.90. The molecule has 0 radical (unpaired) electrons. The number of aliphatic hydroxyl groups excluding tert-OH is 3. The number of carbonyl (C=O) groups excluding carboxylic acids is 1. The summed E-state index contributed by atoms with van der Waals surface area (Å²) in [4.78, 5) is 13.6. The fourth-order valence-electron chi connectivity index (χ4n) is 7.29. The lowest BCUT2D eigenvalue weighted by Gasteiger charge is -2.72. The topological polar surface area (TPSA) is 107 Å². The summed E-state index contributed by atoms with van der Waals surface area (Å²) in [5.74, 6) is -4.52. The second kappa shape index (κ2) is 5.07. The van der Waals surface area contributed by atoms with Crippen molar-refractivity contribution < 1.29 is 30.0 Å². The van der Waals surface area contributed by atoms with Crippen LogP contribution in [-0.2, 0) is 9.53 Å². The van der Waals surface area contributed by atoms with Gasteiger partial charge in [0, 0.05) is 34.8 Å². The van der Waals surface area contributed by atoms with Gasteiger partial charge in [0.1, 0.15) is 11.5 Å². The van der Waals surface area contributed by atoms with E-state index >= 15 is 0 Å². The minimum absolute atomic E-state index is 0.00707. The molecule has 4 fully saturated rings. The predicted octanol–water partition coefficient (Wildman–Crippen LogP) is -0.0826. The lowest BCUT2D eigenvalue weighted by atomic mass is 9.37. The molecule has 0 aromatic heterocycles. The highest BCUT2D eigenvalue weighted by atomic mass is 32.1. The third-order valence-corrected chi connectivity index (χ3v) is 8.72. The van der Waals surface area contributed by atoms with Gasteiger partial charge in [-0.15, -0.1) is 0 Å². The van der Waals surface area contributed by atoms with Crippen molar-refractivity contribution in [2.24, 2.45) is 39.9 Å². The van der Waals surface area contributed by atoms with Gasteiger partial charge in [0.25, 0.3) is 0 Å². The van der Waals surface area contributed by atoms with Crippen molar-refractivity contribution in [1.82, 2.24) is 0 Å². The Morgan fingerprint density at radius 2 is 1.89 bits per heavy atom. The van der Waals surface area contributed by atoms with Crippen LogP contribution in [0.4, 0.5) is 0 Å². The zero-order chi connectivity index (χ0) is 19.6. The molecule has 6 aliphatic rings. The zero-order valence-electron chi connectivity index (χ0n) is 15.3. The van der Waals surface area contributed by atoms with Gasteiger partial charge < -0.3 is 25.2 Å². The molecule has 148 valence electrons. The molecule has 7 heteroatoms. The molecular weight excluding hydrogens is 368 g/mol. The highest BCUT2D eigenvalue weighted by Gasteiger charge is 2.86. The Bertz CT molecular complexity index is 778. The molecule has 4 aliphatic carbocycles. The first-order chi connectivity index (χ1) is 12.6. The van der Waals surface area contributed by atoms with Crippen LogP contribution < -0.4 is 0 Å². The van der Waals surface area contributed by atoms with E-state index in [9.17, 15) is 25.2 Å². The molecule has 4 N–H and O–H groups in total. The van der Waals surface area contributed by atoms with E-state index in [2.05, 4.69) is 12.6 Å². The summed E-state index contributed by atoms with van der Waals surface area (Å²) in [6.07, 6.45) is 3.67. The Balaban J connectivity index is 1.83. The Morgan fingerprint density at radius 1 is 1.19 bits per heavy atom. The Morgan fingerprint density at radius 3 is 2.56 bits per heavy atom. The van der Waals surface area contributed by atoms with Crippen LogP contribution in [0.15, 0.2) is 24.3 Å². The molecule has 2 aliphatic heterocycles. The third kappa shape index (κ3) is 1.61. The number of Topliss-reactive ketones (excluding diaryl/α,β-unsaturated/α-hetero) is 1. The number of fused-ring (bicyclic) bond motifs is 2. The van der Waals surface area contributed by atoms with Gasteiger partial charge in [0.2, 0.25) is 5.79 Å². The molecule has 2 saturated carbocycles. The zero-order valence-corrected chi connectivity index (χ0v) is 16.2. The molecule has 0 aromatic carbocycles. The molecule has 10 atom stereocenters. The molecule has 27 heavy (non-hydrogen) atoms. The molecule has 2 spiro atoms. The van der Waals surface area contributed by atoms with Gasteiger partial charge in [-0.25, -0.2) is 0 Å². The standard InChI is InChI=1S/C20H26O6S/c1-17(2)6-5-12(21)18-8-26-20(25,16(24)13(17)18)19-11(18)4-3-9(14(19)22)10(7-27)15(19)23/h3-6,9-14,16,21-22,24-25,27H,7-8H2,1-2H3/t9-,10+,11-,12-,13+,14+,16-,18+,19+,20+/m0/s1. The van der Waals surface area contributed by atoms with Crippen molar-refractivity contribution in [1.29, 1.82) is 0 Å². The first-order valence-electron chi connectivity index (χ1n) is 9.54. The van der Waals surface area contributed by atoms with E-state index in [-0.39, 0.29) is 18.1 Å². The number of aliphatic hydroxyl groups is 4. The van der Waals surface area contributed by atoms with Crippen molar-refractivity contribution in [2.75, 3.05) is 12.4 Å². The van der Waals surface area contributed by atoms with E-state index in [1.165, 1.54) is 0 Å². The van der Waals surface area contributed by atoms with Crippen LogP contribution in [0.5, 0.6) is 0 Å². The van der Waals surface area contributed by atoms with Crippen molar-refractivity contribution in [2.45, 2.75) is 37.9 Å². The number of hydrogen-bond acceptors (Lipinski definition) is 7. The van der Waals surface area contributed by atoms with E-state index in [1.54, 1.807) is 6.08 Å². The van der Waals surface area contributed by atoms with E-state index in [0.717, 1.165) is 0 Å². The SMILES string of the molecule is CC1(C)C=C[C@H](O)[C@]23CO[C@](O)([C@@H](O)[C@H]12)[C@]12C(=O)[C@H](CS)[C@H](C=C[C@@H]31)[C@H]2O. The molecule has 6 rings (SSSR count). The minimum Gasteiger partial charge on any atom is -0.391 e. The number of carbonyl (C=O) groups is 1. The summed E-state index contributed by atoms with van der Waals surface area (Å²) in [6, 6.07) is 0. The lowest BCUT2D eigenvalue weighted by molar-refractivity contribution is -0.440. The summed E-state index contributed by atoms with van der Waals surface area (Å²) in [7, 11) is 0. The fourth-order valence-corrected chi connectivity index (χ4v) is 7.70. The van der Waals surface area contributed by atoms with Gasteiger partial charge in [0.05, 0.1) is 18.8 Å². The summed E-state index contributed by atoms with van der Waals surface area (Å²) < 4.78 is 5.80. The van der Waals surface area contributed by atoms with Gasteiger partial charge in [-0.1, -0.05) is 38.2 Å². The van der Waals surface area contributed by atoms with Crippen molar-refractivity contribution in [3.05, 3.63) is 24.3 Å². The van der Waals surface area contributed by atoms with Crippen molar-refractivity contribution >= 4 is 18.4 Å². The summed E-state index contributed by atoms with van der Waals surface area (Å²) >= 11 is 4.29. The van der Waals surface area contributed by atoms with Crippen LogP contribution in [0, 0.1) is 39.9 Å². The molecule has 4 bridgehead atoms. The molecule has 6 nitrogen and oxygen atoms in total. The lowest BCUT2D eigenvalue weighted by Crippen LogP contribution is -2.84. The molecular formula is C20H26O6S.